The largest absolute Gasteiger partial charge is 0.492 e. The van der Waals surface area contributed by atoms with E-state index in [1.54, 1.807) is 6.20 Å². The molecular formula is C21H22N4O. The molecule has 3 aromatic rings. The average molecular weight is 346 g/mol. The summed E-state index contributed by atoms with van der Waals surface area (Å²) in [6.45, 7) is 3.55. The summed E-state index contributed by atoms with van der Waals surface area (Å²) in [7, 11) is 0. The van der Waals surface area contributed by atoms with Gasteiger partial charge >= 0.3 is 0 Å². The third kappa shape index (κ3) is 3.33. The smallest absolute Gasteiger partial charge is 0.229 e. The Bertz CT molecular complexity index is 896. The van der Waals surface area contributed by atoms with Gasteiger partial charge in [0.2, 0.25) is 5.95 Å². The van der Waals surface area contributed by atoms with Gasteiger partial charge in [-0.3, -0.25) is 0 Å². The number of aryl methyl sites for hydroxylation is 1. The molecule has 1 N–H and O–H groups in total. The van der Waals surface area contributed by atoms with Crippen LogP contribution in [-0.4, -0.2) is 23.1 Å². The van der Waals surface area contributed by atoms with E-state index in [1.165, 1.54) is 11.3 Å². The summed E-state index contributed by atoms with van der Waals surface area (Å²) in [6, 6.07) is 18.3. The van der Waals surface area contributed by atoms with Gasteiger partial charge in [0.05, 0.1) is 12.3 Å². The highest BCUT2D eigenvalue weighted by molar-refractivity contribution is 5.67. The van der Waals surface area contributed by atoms with Crippen LogP contribution in [0.1, 0.15) is 18.9 Å². The first kappa shape index (κ1) is 16.4. The Morgan fingerprint density at radius 1 is 1.08 bits per heavy atom. The van der Waals surface area contributed by atoms with Gasteiger partial charge in [0.25, 0.3) is 0 Å². The maximum Gasteiger partial charge on any atom is 0.229 e. The molecule has 0 amide bonds. The summed E-state index contributed by atoms with van der Waals surface area (Å²) < 4.78 is 5.67. The summed E-state index contributed by atoms with van der Waals surface area (Å²) >= 11 is 0. The first-order valence-corrected chi connectivity index (χ1v) is 9.02. The Labute approximate surface area is 153 Å². The van der Waals surface area contributed by atoms with Crippen LogP contribution in [0.2, 0.25) is 0 Å². The maximum atomic E-state index is 5.67. The first-order valence-electron chi connectivity index (χ1n) is 9.02. The molecule has 0 aliphatic carbocycles. The Morgan fingerprint density at radius 3 is 2.85 bits per heavy atom. The van der Waals surface area contributed by atoms with Crippen molar-refractivity contribution in [1.29, 1.82) is 0 Å². The second-order valence-electron chi connectivity index (χ2n) is 6.18. The molecule has 0 saturated carbocycles. The van der Waals surface area contributed by atoms with E-state index in [0.717, 1.165) is 36.6 Å². The third-order valence-corrected chi connectivity index (χ3v) is 4.46. The SMILES string of the molecule is CCOc1ccccc1Nc1nccc(N2CCCc3ccccc32)n1. The maximum absolute atomic E-state index is 5.67. The number of nitrogens with one attached hydrogen (secondary N) is 1. The van der Waals surface area contributed by atoms with E-state index in [9.17, 15) is 0 Å². The minimum absolute atomic E-state index is 0.567. The summed E-state index contributed by atoms with van der Waals surface area (Å²) in [6.07, 6.45) is 4.03. The lowest BCUT2D eigenvalue weighted by Crippen LogP contribution is -2.25. The molecule has 132 valence electrons. The summed E-state index contributed by atoms with van der Waals surface area (Å²) in [5.74, 6) is 2.27. The van der Waals surface area contributed by atoms with E-state index in [2.05, 4.69) is 39.5 Å². The molecule has 0 radical (unpaired) electrons. The predicted molar refractivity (Wildman–Crippen MR) is 105 cm³/mol. The second-order valence-corrected chi connectivity index (χ2v) is 6.18. The first-order chi connectivity index (χ1) is 12.8. The Balaban J connectivity index is 1.63. The van der Waals surface area contributed by atoms with Crippen LogP contribution in [0.15, 0.2) is 60.8 Å². The number of para-hydroxylation sites is 3. The zero-order valence-electron chi connectivity index (χ0n) is 14.9. The third-order valence-electron chi connectivity index (χ3n) is 4.46. The number of aromatic nitrogens is 2. The lowest BCUT2D eigenvalue weighted by Gasteiger charge is -2.30. The minimum Gasteiger partial charge on any atom is -0.492 e. The van der Waals surface area contributed by atoms with Gasteiger partial charge in [0, 0.05) is 18.4 Å². The Hall–Kier alpha value is -3.08. The normalized spacial score (nSPS) is 13.2. The average Bonchev–Trinajstić information content (AvgIpc) is 2.69. The van der Waals surface area contributed by atoms with Gasteiger partial charge < -0.3 is 15.0 Å². The van der Waals surface area contributed by atoms with Crippen molar-refractivity contribution in [3.05, 3.63) is 66.4 Å². The van der Waals surface area contributed by atoms with E-state index in [1.807, 2.05) is 37.3 Å². The molecule has 0 atom stereocenters. The lowest BCUT2D eigenvalue weighted by molar-refractivity contribution is 0.342. The van der Waals surface area contributed by atoms with Crippen LogP contribution in [0.25, 0.3) is 0 Å². The van der Waals surface area contributed by atoms with Crippen molar-refractivity contribution >= 4 is 23.1 Å². The van der Waals surface area contributed by atoms with Crippen molar-refractivity contribution in [2.75, 3.05) is 23.4 Å². The predicted octanol–water partition coefficient (Wildman–Crippen LogP) is 4.70. The highest BCUT2D eigenvalue weighted by Crippen LogP contribution is 2.33. The van der Waals surface area contributed by atoms with Crippen molar-refractivity contribution in [1.82, 2.24) is 9.97 Å². The van der Waals surface area contributed by atoms with Crippen molar-refractivity contribution in [2.45, 2.75) is 19.8 Å². The van der Waals surface area contributed by atoms with Gasteiger partial charge in [-0.2, -0.15) is 4.98 Å². The number of anilines is 4. The van der Waals surface area contributed by atoms with Gasteiger partial charge in [-0.15, -0.1) is 0 Å². The van der Waals surface area contributed by atoms with Crippen LogP contribution in [0.3, 0.4) is 0 Å². The molecule has 5 nitrogen and oxygen atoms in total. The van der Waals surface area contributed by atoms with Crippen LogP contribution >= 0.6 is 0 Å². The minimum atomic E-state index is 0.567. The number of ether oxygens (including phenoxy) is 1. The molecule has 0 fully saturated rings. The zero-order valence-corrected chi connectivity index (χ0v) is 14.9. The summed E-state index contributed by atoms with van der Waals surface area (Å²) in [4.78, 5) is 11.4. The summed E-state index contributed by atoms with van der Waals surface area (Å²) in [5, 5.41) is 3.29. The van der Waals surface area contributed by atoms with E-state index in [0.29, 0.717) is 12.6 Å². The number of rotatable bonds is 5. The highest BCUT2D eigenvalue weighted by atomic mass is 16.5. The van der Waals surface area contributed by atoms with Crippen molar-refractivity contribution in [3.8, 4) is 5.75 Å². The molecule has 0 bridgehead atoms. The van der Waals surface area contributed by atoms with E-state index >= 15 is 0 Å². The van der Waals surface area contributed by atoms with E-state index in [4.69, 9.17) is 9.72 Å². The van der Waals surface area contributed by atoms with Crippen molar-refractivity contribution in [3.63, 3.8) is 0 Å². The van der Waals surface area contributed by atoms with Crippen molar-refractivity contribution < 1.29 is 4.74 Å². The fourth-order valence-electron chi connectivity index (χ4n) is 3.30. The second kappa shape index (κ2) is 7.44. The molecular weight excluding hydrogens is 324 g/mol. The molecule has 0 spiro atoms. The topological polar surface area (TPSA) is 50.3 Å². The number of nitrogens with zero attached hydrogens (tertiary/aromatic N) is 3. The van der Waals surface area contributed by atoms with E-state index < -0.39 is 0 Å². The Kier molecular flexibility index (Phi) is 4.69. The quantitative estimate of drug-likeness (QED) is 0.725. The molecule has 1 aliphatic rings. The van der Waals surface area contributed by atoms with Gasteiger partial charge in [0.1, 0.15) is 11.6 Å². The standard InChI is InChI=1S/C21H22N4O/c1-2-26-19-12-6-4-10-17(19)23-21-22-14-13-20(24-21)25-15-7-9-16-8-3-5-11-18(16)25/h3-6,8,10-14H,2,7,9,15H2,1H3,(H,22,23,24). The van der Waals surface area contributed by atoms with Crippen LogP contribution in [0.4, 0.5) is 23.1 Å². The van der Waals surface area contributed by atoms with Crippen LogP contribution in [0, 0.1) is 0 Å². The highest BCUT2D eigenvalue weighted by Gasteiger charge is 2.19. The monoisotopic (exact) mass is 346 g/mol. The number of hydrogen-bond acceptors (Lipinski definition) is 5. The molecule has 1 aromatic heterocycles. The summed E-state index contributed by atoms with van der Waals surface area (Å²) in [5.41, 5.74) is 3.47. The van der Waals surface area contributed by atoms with Crippen LogP contribution in [0.5, 0.6) is 5.75 Å². The molecule has 0 unspecified atom stereocenters. The van der Waals surface area contributed by atoms with E-state index in [-0.39, 0.29) is 0 Å². The fraction of sp³-hybridized carbons (Fsp3) is 0.238. The van der Waals surface area contributed by atoms with Crippen LogP contribution in [-0.2, 0) is 6.42 Å². The number of hydrogen-bond donors (Lipinski definition) is 1. The van der Waals surface area contributed by atoms with Crippen LogP contribution < -0.4 is 15.0 Å². The molecule has 2 heterocycles. The van der Waals surface area contributed by atoms with Gasteiger partial charge in [0.15, 0.2) is 0 Å². The van der Waals surface area contributed by atoms with Crippen molar-refractivity contribution in [2.24, 2.45) is 0 Å². The molecule has 26 heavy (non-hydrogen) atoms. The Morgan fingerprint density at radius 2 is 1.92 bits per heavy atom. The molecule has 5 heteroatoms. The van der Waals surface area contributed by atoms with Gasteiger partial charge in [-0.25, -0.2) is 4.98 Å². The molecule has 0 saturated heterocycles. The molecule has 1 aliphatic heterocycles. The zero-order chi connectivity index (χ0) is 17.8. The van der Waals surface area contributed by atoms with Gasteiger partial charge in [-0.1, -0.05) is 30.3 Å². The molecule has 4 rings (SSSR count). The number of benzene rings is 2. The lowest BCUT2D eigenvalue weighted by atomic mass is 10.0. The van der Waals surface area contributed by atoms with Gasteiger partial charge in [-0.05, 0) is 49.6 Å². The fourth-order valence-corrected chi connectivity index (χ4v) is 3.30. The molecule has 2 aromatic carbocycles. The number of fused-ring (bicyclic) bond motifs is 1.